The van der Waals surface area contributed by atoms with Crippen LogP contribution in [0, 0.1) is 0 Å². The maximum atomic E-state index is 4.29. The first-order valence-corrected chi connectivity index (χ1v) is 7.71. The number of hydrogen-bond acceptors (Lipinski definition) is 5. The summed E-state index contributed by atoms with van der Waals surface area (Å²) in [5.41, 5.74) is 3.06. The molecular weight excluding hydrogens is 268 g/mol. The van der Waals surface area contributed by atoms with E-state index in [4.69, 9.17) is 0 Å². The summed E-state index contributed by atoms with van der Waals surface area (Å²) in [4.78, 5) is 8.99. The predicted molar refractivity (Wildman–Crippen MR) is 84.0 cm³/mol. The number of anilines is 1. The van der Waals surface area contributed by atoms with Gasteiger partial charge in [-0.15, -0.1) is 0 Å². The van der Waals surface area contributed by atoms with Crippen molar-refractivity contribution in [3.63, 3.8) is 0 Å². The van der Waals surface area contributed by atoms with E-state index in [-0.39, 0.29) is 0 Å². The lowest BCUT2D eigenvalue weighted by Gasteiger charge is -2.33. The van der Waals surface area contributed by atoms with Crippen LogP contribution >= 0.6 is 11.5 Å². The molecule has 2 heterocycles. The highest BCUT2D eigenvalue weighted by Crippen LogP contribution is 2.12. The topological polar surface area (TPSA) is 32.3 Å². The van der Waals surface area contributed by atoms with Crippen molar-refractivity contribution >= 4 is 23.6 Å². The summed E-state index contributed by atoms with van der Waals surface area (Å²) in [6, 6.07) is 10.4. The Morgan fingerprint density at radius 2 is 1.90 bits per heavy atom. The summed E-state index contributed by atoms with van der Waals surface area (Å²) in [6.45, 7) is 5.16. The molecule has 1 aliphatic heterocycles. The predicted octanol–water partition coefficient (Wildman–Crippen LogP) is 2.37. The Kier molecular flexibility index (Phi) is 4.40. The van der Waals surface area contributed by atoms with E-state index >= 15 is 0 Å². The Morgan fingerprint density at radius 3 is 2.60 bits per heavy atom. The van der Waals surface area contributed by atoms with E-state index in [1.165, 1.54) is 17.1 Å². The molecule has 0 saturated carbocycles. The highest BCUT2D eigenvalue weighted by molar-refractivity contribution is 7.03. The van der Waals surface area contributed by atoms with Gasteiger partial charge in [0.2, 0.25) is 5.95 Å². The van der Waals surface area contributed by atoms with Crippen molar-refractivity contribution in [1.29, 1.82) is 0 Å². The van der Waals surface area contributed by atoms with E-state index in [2.05, 4.69) is 55.6 Å². The van der Waals surface area contributed by atoms with Crippen LogP contribution in [0.2, 0.25) is 0 Å². The van der Waals surface area contributed by atoms with Crippen LogP contribution in [0.1, 0.15) is 5.56 Å². The summed E-state index contributed by atoms with van der Waals surface area (Å²) >= 11 is 1.42. The molecular formula is C15H18N4S. The Balaban J connectivity index is 1.46. The normalized spacial score (nSPS) is 16.9. The average molecular weight is 286 g/mol. The minimum Gasteiger partial charge on any atom is -0.338 e. The summed E-state index contributed by atoms with van der Waals surface area (Å²) in [5.74, 6) is 0.884. The van der Waals surface area contributed by atoms with Crippen molar-refractivity contribution in [2.24, 2.45) is 0 Å². The Morgan fingerprint density at radius 1 is 1.10 bits per heavy atom. The lowest BCUT2D eigenvalue weighted by molar-refractivity contribution is 0.283. The van der Waals surface area contributed by atoms with E-state index in [0.29, 0.717) is 0 Å². The van der Waals surface area contributed by atoms with E-state index in [1.54, 1.807) is 5.51 Å². The minimum absolute atomic E-state index is 0.884. The van der Waals surface area contributed by atoms with Crippen molar-refractivity contribution in [1.82, 2.24) is 14.3 Å². The fourth-order valence-corrected chi connectivity index (χ4v) is 2.78. The van der Waals surface area contributed by atoms with Crippen molar-refractivity contribution in [2.45, 2.75) is 0 Å². The quantitative estimate of drug-likeness (QED) is 0.864. The molecule has 0 unspecified atom stereocenters. The second kappa shape index (κ2) is 6.63. The third kappa shape index (κ3) is 3.43. The summed E-state index contributed by atoms with van der Waals surface area (Å²) in [6.07, 6.45) is 4.43. The molecule has 1 saturated heterocycles. The van der Waals surface area contributed by atoms with Gasteiger partial charge in [-0.25, -0.2) is 4.98 Å². The van der Waals surface area contributed by atoms with Crippen molar-refractivity contribution in [3.8, 4) is 0 Å². The SMILES string of the molecule is C(=Cc1ccccc1)CN1CCN(c2ncsn2)CC1. The molecule has 0 spiro atoms. The molecule has 0 atom stereocenters. The van der Waals surface area contributed by atoms with Gasteiger partial charge < -0.3 is 4.90 Å². The van der Waals surface area contributed by atoms with Gasteiger partial charge in [-0.2, -0.15) is 4.37 Å². The van der Waals surface area contributed by atoms with Crippen molar-refractivity contribution in [2.75, 3.05) is 37.6 Å². The lowest BCUT2D eigenvalue weighted by atomic mass is 10.2. The third-order valence-electron chi connectivity index (χ3n) is 3.48. The van der Waals surface area contributed by atoms with Crippen molar-refractivity contribution in [3.05, 3.63) is 47.5 Å². The second-order valence-electron chi connectivity index (χ2n) is 4.83. The summed E-state index contributed by atoms with van der Waals surface area (Å²) in [5, 5.41) is 0. The Hall–Kier alpha value is -1.72. The van der Waals surface area contributed by atoms with Crippen LogP contribution in [0.25, 0.3) is 6.08 Å². The van der Waals surface area contributed by atoms with Crippen LogP contribution in [-0.4, -0.2) is 47.0 Å². The number of aromatic nitrogens is 2. The van der Waals surface area contributed by atoms with Crippen LogP contribution in [0.3, 0.4) is 0 Å². The monoisotopic (exact) mass is 286 g/mol. The van der Waals surface area contributed by atoms with Crippen molar-refractivity contribution < 1.29 is 0 Å². The molecule has 2 aromatic rings. The number of rotatable bonds is 4. The van der Waals surface area contributed by atoms with Crippen LogP contribution in [0.4, 0.5) is 5.95 Å². The molecule has 20 heavy (non-hydrogen) atoms. The first-order valence-electron chi connectivity index (χ1n) is 6.87. The van der Waals surface area contributed by atoms with E-state index in [0.717, 1.165) is 38.7 Å². The molecule has 0 aliphatic carbocycles. The molecule has 0 amide bonds. The Labute approximate surface area is 123 Å². The second-order valence-corrected chi connectivity index (χ2v) is 5.44. The summed E-state index contributed by atoms with van der Waals surface area (Å²) < 4.78 is 4.29. The molecule has 1 fully saturated rings. The van der Waals surface area contributed by atoms with Gasteiger partial charge in [0.15, 0.2) is 0 Å². The molecule has 3 rings (SSSR count). The average Bonchev–Trinajstić information content (AvgIpc) is 3.03. The zero-order valence-corrected chi connectivity index (χ0v) is 12.2. The number of benzene rings is 1. The van der Waals surface area contributed by atoms with Gasteiger partial charge in [0, 0.05) is 32.7 Å². The zero-order valence-electron chi connectivity index (χ0n) is 11.4. The maximum absolute atomic E-state index is 4.29. The fraction of sp³-hybridized carbons (Fsp3) is 0.333. The minimum atomic E-state index is 0.884. The molecule has 4 nitrogen and oxygen atoms in total. The lowest BCUT2D eigenvalue weighted by Crippen LogP contribution is -2.46. The van der Waals surface area contributed by atoms with Crippen LogP contribution < -0.4 is 4.90 Å². The smallest absolute Gasteiger partial charge is 0.237 e. The molecule has 0 bridgehead atoms. The highest BCUT2D eigenvalue weighted by Gasteiger charge is 2.17. The van der Waals surface area contributed by atoms with Gasteiger partial charge in [0.25, 0.3) is 0 Å². The van der Waals surface area contributed by atoms with Gasteiger partial charge in [-0.3, -0.25) is 4.90 Å². The standard InChI is InChI=1S/C15H18N4S/c1-2-5-14(6-3-1)7-4-8-18-9-11-19(12-10-18)15-16-13-20-17-15/h1-7,13H,8-12H2. The van der Waals surface area contributed by atoms with Gasteiger partial charge in [0.1, 0.15) is 5.51 Å². The first kappa shape index (κ1) is 13.3. The van der Waals surface area contributed by atoms with Crippen LogP contribution in [0.15, 0.2) is 41.9 Å². The number of hydrogen-bond donors (Lipinski definition) is 0. The molecule has 0 radical (unpaired) electrons. The molecule has 1 aliphatic rings. The third-order valence-corrected chi connectivity index (χ3v) is 3.95. The fourth-order valence-electron chi connectivity index (χ4n) is 2.34. The van der Waals surface area contributed by atoms with Crippen LogP contribution in [0.5, 0.6) is 0 Å². The highest BCUT2D eigenvalue weighted by atomic mass is 32.1. The maximum Gasteiger partial charge on any atom is 0.237 e. The largest absolute Gasteiger partial charge is 0.338 e. The van der Waals surface area contributed by atoms with Crippen LogP contribution in [-0.2, 0) is 0 Å². The van der Waals surface area contributed by atoms with Gasteiger partial charge in [0.05, 0.1) is 0 Å². The van der Waals surface area contributed by atoms with Gasteiger partial charge >= 0.3 is 0 Å². The zero-order chi connectivity index (χ0) is 13.6. The molecule has 104 valence electrons. The summed E-state index contributed by atoms with van der Waals surface area (Å²) in [7, 11) is 0. The van der Waals surface area contributed by atoms with E-state index in [1.807, 2.05) is 6.07 Å². The molecule has 1 aromatic carbocycles. The van der Waals surface area contributed by atoms with E-state index < -0.39 is 0 Å². The number of nitrogens with zero attached hydrogens (tertiary/aromatic N) is 4. The molecule has 1 aromatic heterocycles. The number of piperazine rings is 1. The van der Waals surface area contributed by atoms with Gasteiger partial charge in [-0.05, 0) is 17.1 Å². The van der Waals surface area contributed by atoms with E-state index in [9.17, 15) is 0 Å². The Bertz CT molecular complexity index is 530. The molecule has 0 N–H and O–H groups in total. The first-order chi connectivity index (χ1) is 9.92. The van der Waals surface area contributed by atoms with Gasteiger partial charge in [-0.1, -0.05) is 42.5 Å². The molecule has 5 heteroatoms.